The summed E-state index contributed by atoms with van der Waals surface area (Å²) in [7, 11) is 0. The van der Waals surface area contributed by atoms with Crippen LogP contribution in [0.5, 0.6) is 0 Å². The Hall–Kier alpha value is -5.40. The van der Waals surface area contributed by atoms with E-state index < -0.39 is 0 Å². The van der Waals surface area contributed by atoms with Crippen LogP contribution in [0, 0.1) is 17.8 Å². The maximum atomic E-state index is 2.50. The van der Waals surface area contributed by atoms with E-state index in [9.17, 15) is 0 Å². The molecule has 6 aromatic carbocycles. The normalized spacial score (nSPS) is 23.8. The van der Waals surface area contributed by atoms with Crippen molar-refractivity contribution >= 4 is 22.6 Å². The van der Waals surface area contributed by atoms with Crippen LogP contribution in [0.3, 0.4) is 0 Å². The molecule has 12 rings (SSSR count). The van der Waals surface area contributed by atoms with Gasteiger partial charge in [-0.15, -0.1) is 0 Å². The molecule has 0 heterocycles. The van der Waals surface area contributed by atoms with Crippen LogP contribution < -0.4 is 4.90 Å². The van der Waals surface area contributed by atoms with Crippen LogP contribution in [0.1, 0.15) is 87.5 Å². The van der Waals surface area contributed by atoms with Gasteiger partial charge in [-0.25, -0.2) is 0 Å². The van der Waals surface area contributed by atoms with E-state index in [1.165, 1.54) is 106 Å². The van der Waals surface area contributed by atoms with Gasteiger partial charge in [-0.3, -0.25) is 0 Å². The number of anilines is 3. The number of hydrogen-bond acceptors (Lipinski definition) is 1. The Morgan fingerprint density at radius 1 is 0.500 bits per heavy atom. The highest BCUT2D eigenvalue weighted by Crippen LogP contribution is 2.61. The Labute approximate surface area is 333 Å². The first kappa shape index (κ1) is 33.9. The van der Waals surface area contributed by atoms with E-state index >= 15 is 0 Å². The van der Waals surface area contributed by atoms with E-state index in [4.69, 9.17) is 0 Å². The average Bonchev–Trinajstić information content (AvgIpc) is 3.47. The lowest BCUT2D eigenvalue weighted by Crippen LogP contribution is -2.48. The van der Waals surface area contributed by atoms with Crippen LogP contribution in [0.25, 0.3) is 39.0 Å². The summed E-state index contributed by atoms with van der Waals surface area (Å²) in [5.74, 6) is 2.88. The molecule has 0 aliphatic heterocycles. The number of allylic oxidation sites excluding steroid dienone is 4. The molecular formula is C55H51N. The lowest BCUT2D eigenvalue weighted by atomic mass is 9.48. The van der Waals surface area contributed by atoms with Crippen molar-refractivity contribution in [3.8, 4) is 33.4 Å². The van der Waals surface area contributed by atoms with Crippen LogP contribution in [-0.2, 0) is 10.8 Å². The van der Waals surface area contributed by atoms with Gasteiger partial charge in [-0.2, -0.15) is 0 Å². The van der Waals surface area contributed by atoms with Crippen molar-refractivity contribution < 1.29 is 0 Å². The average molecular weight is 726 g/mol. The lowest BCUT2D eigenvalue weighted by Gasteiger charge is -2.57. The molecule has 4 bridgehead atoms. The molecule has 1 heteroatoms. The van der Waals surface area contributed by atoms with Crippen molar-refractivity contribution in [3.63, 3.8) is 0 Å². The second-order valence-electron chi connectivity index (χ2n) is 18.3. The van der Waals surface area contributed by atoms with E-state index in [0.29, 0.717) is 5.41 Å². The third-order valence-corrected chi connectivity index (χ3v) is 14.5. The molecule has 0 saturated heterocycles. The second kappa shape index (κ2) is 13.1. The Morgan fingerprint density at radius 3 is 1.82 bits per heavy atom. The predicted molar refractivity (Wildman–Crippen MR) is 236 cm³/mol. The molecule has 0 N–H and O–H groups in total. The molecule has 0 radical (unpaired) electrons. The van der Waals surface area contributed by atoms with Gasteiger partial charge in [0.2, 0.25) is 0 Å². The Balaban J connectivity index is 1.01. The molecule has 0 amide bonds. The smallest absolute Gasteiger partial charge is 0.0540 e. The van der Waals surface area contributed by atoms with Crippen molar-refractivity contribution in [2.45, 2.75) is 76.0 Å². The predicted octanol–water partition coefficient (Wildman–Crippen LogP) is 15.0. The Bertz CT molecular complexity index is 2480. The monoisotopic (exact) mass is 725 g/mol. The van der Waals surface area contributed by atoms with Crippen LogP contribution >= 0.6 is 0 Å². The summed E-state index contributed by atoms with van der Waals surface area (Å²) in [6.07, 6.45) is 17.9. The Morgan fingerprint density at radius 2 is 1.12 bits per heavy atom. The van der Waals surface area contributed by atoms with Crippen LogP contribution in [0.15, 0.2) is 158 Å². The van der Waals surface area contributed by atoms with Gasteiger partial charge in [0.25, 0.3) is 0 Å². The summed E-state index contributed by atoms with van der Waals surface area (Å²) in [4.78, 5) is 2.50. The summed E-state index contributed by atoms with van der Waals surface area (Å²) < 4.78 is 0. The summed E-state index contributed by atoms with van der Waals surface area (Å²) in [6, 6.07) is 53.3. The zero-order valence-electron chi connectivity index (χ0n) is 32.8. The summed E-state index contributed by atoms with van der Waals surface area (Å²) >= 11 is 0. The highest BCUT2D eigenvalue weighted by Gasteiger charge is 2.51. The first-order chi connectivity index (χ1) is 27.4. The highest BCUT2D eigenvalue weighted by atomic mass is 15.1. The molecule has 0 aromatic heterocycles. The third kappa shape index (κ3) is 5.57. The molecule has 0 spiro atoms. The molecule has 6 aliphatic carbocycles. The third-order valence-electron chi connectivity index (χ3n) is 14.5. The molecule has 6 aromatic rings. The summed E-state index contributed by atoms with van der Waals surface area (Å²) in [6.45, 7) is 4.76. The second-order valence-corrected chi connectivity index (χ2v) is 18.3. The minimum absolute atomic E-state index is 0.0916. The zero-order chi connectivity index (χ0) is 37.4. The first-order valence-electron chi connectivity index (χ1n) is 21.2. The van der Waals surface area contributed by atoms with Crippen molar-refractivity contribution in [3.05, 3.63) is 180 Å². The summed E-state index contributed by atoms with van der Waals surface area (Å²) in [5.41, 5.74) is 18.5. The minimum Gasteiger partial charge on any atom is -0.310 e. The maximum Gasteiger partial charge on any atom is 0.0540 e. The lowest BCUT2D eigenvalue weighted by molar-refractivity contribution is -0.00518. The van der Waals surface area contributed by atoms with Gasteiger partial charge in [0.05, 0.1) is 5.69 Å². The highest BCUT2D eigenvalue weighted by molar-refractivity contribution is 5.93. The maximum absolute atomic E-state index is 2.50. The number of nitrogens with zero attached hydrogens (tertiary/aromatic N) is 1. The molecule has 56 heavy (non-hydrogen) atoms. The minimum atomic E-state index is -0.0916. The van der Waals surface area contributed by atoms with Crippen LogP contribution in [-0.4, -0.2) is 0 Å². The first-order valence-corrected chi connectivity index (χ1v) is 21.2. The van der Waals surface area contributed by atoms with Crippen molar-refractivity contribution in [1.29, 1.82) is 0 Å². The molecule has 0 atom stereocenters. The fourth-order valence-electron chi connectivity index (χ4n) is 12.1. The number of rotatable bonds is 7. The molecular weight excluding hydrogens is 675 g/mol. The van der Waals surface area contributed by atoms with Gasteiger partial charge in [-0.1, -0.05) is 135 Å². The van der Waals surface area contributed by atoms with E-state index in [1.807, 2.05) is 0 Å². The van der Waals surface area contributed by atoms with Crippen molar-refractivity contribution in [2.75, 3.05) is 4.90 Å². The largest absolute Gasteiger partial charge is 0.310 e. The van der Waals surface area contributed by atoms with Crippen molar-refractivity contribution in [2.24, 2.45) is 17.8 Å². The van der Waals surface area contributed by atoms with Gasteiger partial charge in [0.15, 0.2) is 0 Å². The molecule has 0 unspecified atom stereocenters. The van der Waals surface area contributed by atoms with Gasteiger partial charge < -0.3 is 4.90 Å². The van der Waals surface area contributed by atoms with E-state index in [1.54, 1.807) is 5.56 Å². The SMILES string of the molecule is CC1(C)c2ccccc2-c2ccc(N(c3ccc(-c4ccc(C56CC7CC(CC(C7)C5)C6)cc4)cc3)c3ccc(C4=CCCC=C4)cc3-c3ccccc3)cc21. The fraction of sp³-hybridized carbons (Fsp3) is 0.273. The molecule has 6 aliphatic rings. The van der Waals surface area contributed by atoms with E-state index in [0.717, 1.165) is 36.3 Å². The molecule has 276 valence electrons. The van der Waals surface area contributed by atoms with Gasteiger partial charge in [0.1, 0.15) is 0 Å². The fourth-order valence-corrected chi connectivity index (χ4v) is 12.1. The van der Waals surface area contributed by atoms with Crippen molar-refractivity contribution in [1.82, 2.24) is 0 Å². The van der Waals surface area contributed by atoms with Crippen LogP contribution in [0.4, 0.5) is 17.1 Å². The van der Waals surface area contributed by atoms with Gasteiger partial charge in [0, 0.05) is 22.4 Å². The molecule has 1 nitrogen and oxygen atoms in total. The molecule has 4 fully saturated rings. The number of benzene rings is 6. The van der Waals surface area contributed by atoms with Gasteiger partial charge in [-0.05, 0) is 167 Å². The topological polar surface area (TPSA) is 3.24 Å². The quantitative estimate of drug-likeness (QED) is 0.158. The van der Waals surface area contributed by atoms with Gasteiger partial charge >= 0.3 is 0 Å². The molecule has 4 saturated carbocycles. The number of hydrogen-bond donors (Lipinski definition) is 0. The Kier molecular flexibility index (Phi) is 7.92. The van der Waals surface area contributed by atoms with Crippen LogP contribution in [0.2, 0.25) is 0 Å². The zero-order valence-corrected chi connectivity index (χ0v) is 32.8. The van der Waals surface area contributed by atoms with E-state index in [2.05, 4.69) is 177 Å². The van der Waals surface area contributed by atoms with E-state index in [-0.39, 0.29) is 5.41 Å². The standard InChI is InChI=1S/C55H51N/c1-54(2)51-16-10-9-15-48(51)49-27-26-47(33-52(49)54)56(53-28-21-44(40-11-5-3-6-12-40)32-50(53)43-13-7-4-8-14-43)46-24-19-42(20-25-46)41-17-22-45(23-18-41)55-34-37-29-38(35-55)31-39(30-37)36-55/h4-5,7-28,32-33,37-39H,3,6,29-31,34-36H2,1-2H3. The number of fused-ring (bicyclic) bond motifs is 3. The summed E-state index contributed by atoms with van der Waals surface area (Å²) in [5, 5.41) is 0.